The Morgan fingerprint density at radius 2 is 2.30 bits per heavy atom. The Balaban J connectivity index is 1.52. The van der Waals surface area contributed by atoms with Gasteiger partial charge < -0.3 is 5.32 Å². The highest BCUT2D eigenvalue weighted by Gasteiger charge is 2.20. The van der Waals surface area contributed by atoms with Gasteiger partial charge in [-0.1, -0.05) is 11.8 Å². The van der Waals surface area contributed by atoms with Gasteiger partial charge in [0.15, 0.2) is 0 Å². The van der Waals surface area contributed by atoms with Crippen molar-refractivity contribution in [3.8, 4) is 0 Å². The molecule has 2 aromatic heterocycles. The van der Waals surface area contributed by atoms with Crippen molar-refractivity contribution < 1.29 is 0 Å². The first-order chi connectivity index (χ1) is 9.86. The predicted octanol–water partition coefficient (Wildman–Crippen LogP) is 0.329. The Hall–Kier alpha value is -1.48. The van der Waals surface area contributed by atoms with Gasteiger partial charge >= 0.3 is 0 Å². The third-order valence-electron chi connectivity index (χ3n) is 3.16. The molecule has 0 radical (unpaired) electrons. The monoisotopic (exact) mass is 294 g/mol. The van der Waals surface area contributed by atoms with Crippen LogP contribution >= 0.6 is 11.8 Å². The molecule has 2 aromatic rings. The Bertz CT molecular complexity index is 546. The second kappa shape index (κ2) is 6.31. The number of aryl methyl sites for hydroxylation is 1. The van der Waals surface area contributed by atoms with E-state index in [9.17, 15) is 0 Å². The van der Waals surface area contributed by atoms with E-state index in [0.29, 0.717) is 6.04 Å². The number of rotatable bonds is 8. The zero-order valence-electron chi connectivity index (χ0n) is 11.4. The summed E-state index contributed by atoms with van der Waals surface area (Å²) in [6.07, 6.45) is 4.18. The van der Waals surface area contributed by atoms with Crippen LogP contribution in [0, 0.1) is 0 Å². The second-order valence-corrected chi connectivity index (χ2v) is 5.64. The topological polar surface area (TPSA) is 86.3 Å². The molecular weight excluding hydrogens is 276 g/mol. The Kier molecular flexibility index (Phi) is 4.26. The number of hydrogen-bond acceptors (Lipinski definition) is 7. The van der Waals surface area contributed by atoms with Gasteiger partial charge in [0, 0.05) is 19.1 Å². The standard InChI is InChI=1S/C11H18N8S/c1-2-18-10(13-8-14-18)7-20-11-15-16-17-19(11)6-5-12-9-3-4-9/h8-9,12H,2-7H2,1H3. The summed E-state index contributed by atoms with van der Waals surface area (Å²) in [5, 5.41) is 20.3. The van der Waals surface area contributed by atoms with Gasteiger partial charge in [0.25, 0.3) is 0 Å². The fourth-order valence-corrected chi connectivity index (χ4v) is 2.75. The predicted molar refractivity (Wildman–Crippen MR) is 74.1 cm³/mol. The molecule has 9 heteroatoms. The molecule has 0 aromatic carbocycles. The van der Waals surface area contributed by atoms with Gasteiger partial charge in [0.1, 0.15) is 12.2 Å². The third kappa shape index (κ3) is 3.34. The molecule has 20 heavy (non-hydrogen) atoms. The van der Waals surface area contributed by atoms with Gasteiger partial charge in [0.05, 0.1) is 12.3 Å². The lowest BCUT2D eigenvalue weighted by Gasteiger charge is -2.05. The van der Waals surface area contributed by atoms with E-state index in [1.54, 1.807) is 18.1 Å². The van der Waals surface area contributed by atoms with Crippen LogP contribution in [0.1, 0.15) is 25.6 Å². The lowest BCUT2D eigenvalue weighted by Crippen LogP contribution is -2.22. The average Bonchev–Trinajstić information content (AvgIpc) is 3.00. The first-order valence-corrected chi connectivity index (χ1v) is 7.84. The average molecular weight is 294 g/mol. The van der Waals surface area contributed by atoms with Gasteiger partial charge in [-0.3, -0.25) is 0 Å². The molecule has 0 aliphatic heterocycles. The van der Waals surface area contributed by atoms with Crippen LogP contribution in [0.5, 0.6) is 0 Å². The van der Waals surface area contributed by atoms with E-state index in [1.165, 1.54) is 12.8 Å². The number of aromatic nitrogens is 7. The maximum Gasteiger partial charge on any atom is 0.209 e. The fraction of sp³-hybridized carbons (Fsp3) is 0.727. The van der Waals surface area contributed by atoms with Crippen molar-refractivity contribution in [1.29, 1.82) is 0 Å². The van der Waals surface area contributed by atoms with Crippen molar-refractivity contribution in [3.63, 3.8) is 0 Å². The maximum absolute atomic E-state index is 4.25. The van der Waals surface area contributed by atoms with Gasteiger partial charge in [-0.15, -0.1) is 5.10 Å². The van der Waals surface area contributed by atoms with E-state index < -0.39 is 0 Å². The summed E-state index contributed by atoms with van der Waals surface area (Å²) in [5.74, 6) is 1.67. The number of nitrogens with zero attached hydrogens (tertiary/aromatic N) is 7. The molecule has 0 spiro atoms. The van der Waals surface area contributed by atoms with Crippen molar-refractivity contribution in [2.24, 2.45) is 0 Å². The normalized spacial score (nSPS) is 14.8. The highest BCUT2D eigenvalue weighted by atomic mass is 32.2. The molecule has 1 aliphatic rings. The minimum absolute atomic E-state index is 0.714. The molecule has 0 bridgehead atoms. The zero-order chi connectivity index (χ0) is 13.8. The SMILES string of the molecule is CCn1ncnc1CSc1nnnn1CCNC1CC1. The highest BCUT2D eigenvalue weighted by Crippen LogP contribution is 2.19. The largest absolute Gasteiger partial charge is 0.312 e. The molecule has 3 rings (SSSR count). The quantitative estimate of drug-likeness (QED) is 0.702. The van der Waals surface area contributed by atoms with Crippen molar-refractivity contribution >= 4 is 11.8 Å². The summed E-state index contributed by atoms with van der Waals surface area (Å²) in [5.41, 5.74) is 0. The third-order valence-corrected chi connectivity index (χ3v) is 4.11. The van der Waals surface area contributed by atoms with E-state index in [1.807, 2.05) is 9.36 Å². The first-order valence-electron chi connectivity index (χ1n) is 6.86. The van der Waals surface area contributed by atoms with Crippen LogP contribution in [-0.4, -0.2) is 47.6 Å². The summed E-state index contributed by atoms with van der Waals surface area (Å²) < 4.78 is 3.72. The zero-order valence-corrected chi connectivity index (χ0v) is 12.3. The van der Waals surface area contributed by atoms with Crippen LogP contribution < -0.4 is 5.32 Å². The number of thioether (sulfide) groups is 1. The summed E-state index contributed by atoms with van der Waals surface area (Å²) in [4.78, 5) is 4.25. The van der Waals surface area contributed by atoms with Crippen LogP contribution in [0.25, 0.3) is 0 Å². The highest BCUT2D eigenvalue weighted by molar-refractivity contribution is 7.98. The molecule has 8 nitrogen and oxygen atoms in total. The Morgan fingerprint density at radius 3 is 3.10 bits per heavy atom. The van der Waals surface area contributed by atoms with Crippen LogP contribution in [0.4, 0.5) is 0 Å². The molecule has 1 aliphatic carbocycles. The minimum Gasteiger partial charge on any atom is -0.312 e. The van der Waals surface area contributed by atoms with Gasteiger partial charge in [-0.25, -0.2) is 14.3 Å². The Labute approximate surface area is 121 Å². The lowest BCUT2D eigenvalue weighted by atomic mass is 10.6. The van der Waals surface area contributed by atoms with Crippen LogP contribution in [0.3, 0.4) is 0 Å². The second-order valence-electron chi connectivity index (χ2n) is 4.69. The lowest BCUT2D eigenvalue weighted by molar-refractivity contribution is 0.509. The van der Waals surface area contributed by atoms with Crippen LogP contribution in [0.15, 0.2) is 11.5 Å². The van der Waals surface area contributed by atoms with E-state index in [4.69, 9.17) is 0 Å². The molecule has 1 N–H and O–H groups in total. The molecule has 0 unspecified atom stereocenters. The summed E-state index contributed by atoms with van der Waals surface area (Å²) >= 11 is 1.59. The number of hydrogen-bond donors (Lipinski definition) is 1. The van der Waals surface area contributed by atoms with E-state index in [2.05, 4.69) is 37.8 Å². The summed E-state index contributed by atoms with van der Waals surface area (Å²) in [7, 11) is 0. The molecule has 1 fully saturated rings. The molecule has 1 saturated carbocycles. The maximum atomic E-state index is 4.25. The first kappa shape index (κ1) is 13.5. The van der Waals surface area contributed by atoms with Gasteiger partial charge in [0.2, 0.25) is 5.16 Å². The van der Waals surface area contributed by atoms with Gasteiger partial charge in [-0.2, -0.15) is 5.10 Å². The number of tetrazole rings is 1. The molecule has 0 amide bonds. The van der Waals surface area contributed by atoms with E-state index in [-0.39, 0.29) is 0 Å². The minimum atomic E-state index is 0.714. The molecule has 2 heterocycles. The van der Waals surface area contributed by atoms with Crippen LogP contribution in [-0.2, 0) is 18.8 Å². The molecular formula is C11H18N8S. The van der Waals surface area contributed by atoms with Crippen molar-refractivity contribution in [2.75, 3.05) is 6.54 Å². The fourth-order valence-electron chi connectivity index (χ4n) is 1.90. The smallest absolute Gasteiger partial charge is 0.209 e. The van der Waals surface area contributed by atoms with Crippen molar-refractivity contribution in [3.05, 3.63) is 12.2 Å². The Morgan fingerprint density at radius 1 is 1.40 bits per heavy atom. The summed E-state index contributed by atoms with van der Waals surface area (Å²) in [6, 6.07) is 0.714. The summed E-state index contributed by atoms with van der Waals surface area (Å²) in [6.45, 7) is 4.59. The molecule has 0 saturated heterocycles. The molecule has 108 valence electrons. The van der Waals surface area contributed by atoms with E-state index >= 15 is 0 Å². The van der Waals surface area contributed by atoms with Gasteiger partial charge in [-0.05, 0) is 30.2 Å². The van der Waals surface area contributed by atoms with Crippen LogP contribution in [0.2, 0.25) is 0 Å². The number of nitrogens with one attached hydrogen (secondary N) is 1. The molecule has 0 atom stereocenters. The van der Waals surface area contributed by atoms with Crippen molar-refractivity contribution in [2.45, 2.75) is 49.8 Å². The van der Waals surface area contributed by atoms with Crippen molar-refractivity contribution in [1.82, 2.24) is 40.3 Å². The van der Waals surface area contributed by atoms with E-state index in [0.717, 1.165) is 36.4 Å².